The number of nitrogens with two attached hydrogens (primary N) is 1. The second-order valence-electron chi connectivity index (χ2n) is 7.51. The largest absolute Gasteiger partial charge is 0.507 e. The molecule has 8 nitrogen and oxygen atoms in total. The normalized spacial score (nSPS) is 13.2. The quantitative estimate of drug-likeness (QED) is 0.552. The standard InChI is InChI=1S/C16H24N2O.C3H7N3O2/c1-10-8-13(16(3,4)5)15(19)11(2)12(10)9-14-17-6-7-18-14;1-2-6(5-8)3(4)7/h8,19H,6-7,9H2,1-5H3,(H,17,18);2H2,1H3,(H2,4,7). The van der Waals surface area contributed by atoms with E-state index < -0.39 is 6.03 Å². The van der Waals surface area contributed by atoms with E-state index in [1.54, 1.807) is 6.92 Å². The number of nitroso groups, excluding NO2 is 1. The van der Waals surface area contributed by atoms with Crippen molar-refractivity contribution in [3.05, 3.63) is 33.2 Å². The second-order valence-corrected chi connectivity index (χ2v) is 7.51. The molecule has 2 amide bonds. The van der Waals surface area contributed by atoms with Crippen LogP contribution in [-0.2, 0) is 11.8 Å². The molecular formula is C19H31N5O3. The minimum atomic E-state index is -0.817. The van der Waals surface area contributed by atoms with Crippen molar-refractivity contribution in [1.82, 2.24) is 10.3 Å². The predicted molar refractivity (Wildman–Crippen MR) is 108 cm³/mol. The van der Waals surface area contributed by atoms with Gasteiger partial charge in [0.05, 0.1) is 11.8 Å². The molecule has 0 aliphatic carbocycles. The van der Waals surface area contributed by atoms with Gasteiger partial charge < -0.3 is 16.2 Å². The number of phenols is 1. The number of phenolic OH excluding ortho intramolecular Hbond substituents is 1. The van der Waals surface area contributed by atoms with Crippen LogP contribution in [0.15, 0.2) is 16.3 Å². The third-order valence-electron chi connectivity index (χ3n) is 4.45. The van der Waals surface area contributed by atoms with Crippen LogP contribution in [0.4, 0.5) is 4.79 Å². The number of primary amides is 1. The van der Waals surface area contributed by atoms with E-state index in [9.17, 15) is 14.8 Å². The lowest BCUT2D eigenvalue weighted by molar-refractivity contribution is 0.212. The number of rotatable bonds is 4. The van der Waals surface area contributed by atoms with Gasteiger partial charge in [0.1, 0.15) is 11.6 Å². The number of aromatic hydroxyl groups is 1. The summed E-state index contributed by atoms with van der Waals surface area (Å²) < 4.78 is 0. The summed E-state index contributed by atoms with van der Waals surface area (Å²) in [7, 11) is 0. The molecule has 4 N–H and O–H groups in total. The van der Waals surface area contributed by atoms with E-state index in [0.29, 0.717) is 10.8 Å². The number of carbonyl (C=O) groups is 1. The zero-order chi connectivity index (χ0) is 20.8. The molecule has 27 heavy (non-hydrogen) atoms. The van der Waals surface area contributed by atoms with E-state index in [-0.39, 0.29) is 12.0 Å². The molecule has 0 atom stereocenters. The van der Waals surface area contributed by atoms with Crippen molar-refractivity contribution in [2.75, 3.05) is 19.6 Å². The first-order valence-electron chi connectivity index (χ1n) is 9.02. The first-order valence-corrected chi connectivity index (χ1v) is 9.02. The highest BCUT2D eigenvalue weighted by Gasteiger charge is 2.22. The molecule has 0 spiro atoms. The molecule has 1 aromatic rings. The van der Waals surface area contributed by atoms with Crippen molar-refractivity contribution in [2.24, 2.45) is 16.0 Å². The van der Waals surface area contributed by atoms with Crippen molar-refractivity contribution >= 4 is 11.9 Å². The fraction of sp³-hybridized carbons (Fsp3) is 0.579. The van der Waals surface area contributed by atoms with Crippen LogP contribution >= 0.6 is 0 Å². The van der Waals surface area contributed by atoms with Gasteiger partial charge in [0.15, 0.2) is 0 Å². The van der Waals surface area contributed by atoms with Gasteiger partial charge in [-0.3, -0.25) is 4.99 Å². The summed E-state index contributed by atoms with van der Waals surface area (Å²) in [6.45, 7) is 14.1. The summed E-state index contributed by atoms with van der Waals surface area (Å²) in [4.78, 5) is 24.0. The molecular weight excluding hydrogens is 346 g/mol. The Kier molecular flexibility index (Phi) is 7.75. The molecule has 2 rings (SSSR count). The number of urea groups is 1. The van der Waals surface area contributed by atoms with E-state index in [2.05, 4.69) is 55.1 Å². The Morgan fingerprint density at radius 2 is 2.04 bits per heavy atom. The maximum atomic E-state index is 10.5. The van der Waals surface area contributed by atoms with Gasteiger partial charge in [-0.25, -0.2) is 4.79 Å². The highest BCUT2D eigenvalue weighted by molar-refractivity contribution is 5.86. The maximum absolute atomic E-state index is 10.5. The first-order chi connectivity index (χ1) is 12.5. The minimum absolute atomic E-state index is 0.0404. The van der Waals surface area contributed by atoms with Gasteiger partial charge in [0.25, 0.3) is 0 Å². The molecule has 0 saturated carbocycles. The highest BCUT2D eigenvalue weighted by atomic mass is 16.3. The zero-order valence-corrected chi connectivity index (χ0v) is 17.1. The molecule has 1 aliphatic rings. The zero-order valence-electron chi connectivity index (χ0n) is 17.1. The highest BCUT2D eigenvalue weighted by Crippen LogP contribution is 2.36. The summed E-state index contributed by atoms with van der Waals surface area (Å²) in [5, 5.41) is 16.7. The first kappa shape index (κ1) is 22.4. The van der Waals surface area contributed by atoms with Gasteiger partial charge in [-0.05, 0) is 48.4 Å². The molecule has 150 valence electrons. The van der Waals surface area contributed by atoms with Crippen LogP contribution in [0.1, 0.15) is 49.9 Å². The van der Waals surface area contributed by atoms with E-state index in [1.165, 1.54) is 11.1 Å². The fourth-order valence-electron chi connectivity index (χ4n) is 2.84. The summed E-state index contributed by atoms with van der Waals surface area (Å²) in [5.41, 5.74) is 9.04. The lowest BCUT2D eigenvalue weighted by Crippen LogP contribution is -2.30. The van der Waals surface area contributed by atoms with Crippen LogP contribution in [0.25, 0.3) is 0 Å². The predicted octanol–water partition coefficient (Wildman–Crippen LogP) is 2.92. The minimum Gasteiger partial charge on any atom is -0.507 e. The SMILES string of the molecule is CCN(N=O)C(N)=O.Cc1cc(C(C)(C)C)c(O)c(C)c1CC1=NCCN1. The van der Waals surface area contributed by atoms with Crippen LogP contribution in [0.5, 0.6) is 5.75 Å². The Morgan fingerprint density at radius 3 is 2.41 bits per heavy atom. The Bertz CT molecular complexity index is 723. The lowest BCUT2D eigenvalue weighted by atomic mass is 9.82. The van der Waals surface area contributed by atoms with Crippen molar-refractivity contribution in [1.29, 1.82) is 0 Å². The van der Waals surface area contributed by atoms with E-state index >= 15 is 0 Å². The number of carbonyl (C=O) groups excluding carboxylic acids is 1. The molecule has 0 aromatic heterocycles. The third kappa shape index (κ3) is 5.94. The van der Waals surface area contributed by atoms with Crippen LogP contribution in [0.2, 0.25) is 0 Å². The monoisotopic (exact) mass is 377 g/mol. The van der Waals surface area contributed by atoms with E-state index in [0.717, 1.165) is 36.5 Å². The lowest BCUT2D eigenvalue weighted by Gasteiger charge is -2.24. The summed E-state index contributed by atoms with van der Waals surface area (Å²) in [6.07, 6.45) is 0.787. The summed E-state index contributed by atoms with van der Waals surface area (Å²) in [5.74, 6) is 1.47. The van der Waals surface area contributed by atoms with Crippen molar-refractivity contribution in [3.63, 3.8) is 0 Å². The molecule has 0 unspecified atom stereocenters. The second kappa shape index (κ2) is 9.34. The van der Waals surface area contributed by atoms with E-state index in [4.69, 9.17) is 0 Å². The third-order valence-corrected chi connectivity index (χ3v) is 4.45. The fourth-order valence-corrected chi connectivity index (χ4v) is 2.84. The van der Waals surface area contributed by atoms with Gasteiger partial charge >= 0.3 is 6.03 Å². The molecule has 0 fully saturated rings. The average molecular weight is 377 g/mol. The Morgan fingerprint density at radius 1 is 1.41 bits per heavy atom. The van der Waals surface area contributed by atoms with Crippen LogP contribution in [0, 0.1) is 18.8 Å². The molecule has 1 aromatic carbocycles. The van der Waals surface area contributed by atoms with Crippen molar-refractivity contribution in [2.45, 2.75) is 53.4 Å². The molecule has 1 aliphatic heterocycles. The molecule has 1 heterocycles. The van der Waals surface area contributed by atoms with Crippen LogP contribution < -0.4 is 11.1 Å². The van der Waals surface area contributed by atoms with E-state index in [1.807, 2.05) is 6.92 Å². The molecule has 0 bridgehead atoms. The average Bonchev–Trinajstić information content (AvgIpc) is 3.08. The van der Waals surface area contributed by atoms with Gasteiger partial charge in [0.2, 0.25) is 0 Å². The molecule has 0 saturated heterocycles. The number of amides is 2. The Labute approximate surface area is 160 Å². The number of benzene rings is 1. The Balaban J connectivity index is 0.000000387. The van der Waals surface area contributed by atoms with Crippen LogP contribution in [-0.4, -0.2) is 41.6 Å². The van der Waals surface area contributed by atoms with Crippen molar-refractivity contribution in [3.8, 4) is 5.75 Å². The number of amidine groups is 1. The number of hydrogen-bond donors (Lipinski definition) is 3. The number of aryl methyl sites for hydroxylation is 1. The maximum Gasteiger partial charge on any atom is 0.337 e. The topological polar surface area (TPSA) is 120 Å². The molecule has 8 heteroatoms. The van der Waals surface area contributed by atoms with Gasteiger partial charge in [-0.2, -0.15) is 5.01 Å². The van der Waals surface area contributed by atoms with Gasteiger partial charge in [0, 0.05) is 19.5 Å². The summed E-state index contributed by atoms with van der Waals surface area (Å²) >= 11 is 0. The number of hydrogen-bond acceptors (Lipinski definition) is 6. The summed E-state index contributed by atoms with van der Waals surface area (Å²) in [6, 6.07) is 1.30. The number of nitrogens with one attached hydrogen (secondary N) is 1. The Hall–Kier alpha value is -2.64. The van der Waals surface area contributed by atoms with Gasteiger partial charge in [-0.15, -0.1) is 4.91 Å². The van der Waals surface area contributed by atoms with Crippen LogP contribution in [0.3, 0.4) is 0 Å². The molecule has 0 radical (unpaired) electrons. The smallest absolute Gasteiger partial charge is 0.337 e. The van der Waals surface area contributed by atoms with Gasteiger partial charge in [-0.1, -0.05) is 26.8 Å². The number of aliphatic imine (C=N–C) groups is 1. The number of nitrogens with zero attached hydrogens (tertiary/aromatic N) is 3. The van der Waals surface area contributed by atoms with Crippen molar-refractivity contribution < 1.29 is 9.90 Å².